The summed E-state index contributed by atoms with van der Waals surface area (Å²) >= 11 is 0. The number of aliphatic hydroxyl groups is 1. The van der Waals surface area contributed by atoms with E-state index in [0.29, 0.717) is 36.8 Å². The Bertz CT molecular complexity index is 1390. The standard InChI is InChI=1S/C36H49N3O10/c1-3-4-5-8-11-14-28(40)15-12-9-6-7-10-13-16-29(36(48,34(46)47)22-31(41)42)32(43)39-30(33(44)45)21-25-17-19-26(20-18-25)27-23-37-35(49-2)38-24-27/h13,16-20,23-24,29-30,48H,3-12,14-15,21-22H2,1-2H3,(H,39,43)(H,41,42)(H,44,45)(H,46,47)/b16-13+/t29-,30-,36-/m0/s1. The number of carboxylic acids is 3. The average molecular weight is 684 g/mol. The number of allylic oxidation sites excluding steroid dienone is 1. The molecule has 1 heterocycles. The molecular weight excluding hydrogens is 634 g/mol. The number of amides is 1. The Morgan fingerprint density at radius 1 is 0.857 bits per heavy atom. The van der Waals surface area contributed by atoms with E-state index in [9.17, 15) is 44.4 Å². The van der Waals surface area contributed by atoms with E-state index in [0.717, 1.165) is 56.6 Å². The minimum atomic E-state index is -3.03. The van der Waals surface area contributed by atoms with Gasteiger partial charge in [-0.15, -0.1) is 0 Å². The number of aliphatic carboxylic acids is 3. The van der Waals surface area contributed by atoms with E-state index in [4.69, 9.17) is 4.74 Å². The van der Waals surface area contributed by atoms with Crippen molar-refractivity contribution < 1.29 is 49.1 Å². The monoisotopic (exact) mass is 683 g/mol. The molecule has 13 nitrogen and oxygen atoms in total. The highest BCUT2D eigenvalue weighted by Crippen LogP contribution is 2.26. The maximum atomic E-state index is 13.4. The summed E-state index contributed by atoms with van der Waals surface area (Å²) in [5.41, 5.74) is -1.07. The molecule has 1 aromatic carbocycles. The van der Waals surface area contributed by atoms with Crippen molar-refractivity contribution in [2.75, 3.05) is 7.11 Å². The molecule has 13 heteroatoms. The topological polar surface area (TPSA) is 213 Å². The molecule has 1 amide bonds. The minimum absolute atomic E-state index is 0.178. The Kier molecular flexibility index (Phi) is 17.7. The van der Waals surface area contributed by atoms with Gasteiger partial charge in [0.25, 0.3) is 0 Å². The molecule has 0 aliphatic heterocycles. The number of ether oxygens (including phenoxy) is 1. The number of carbonyl (C=O) groups excluding carboxylic acids is 2. The summed E-state index contributed by atoms with van der Waals surface area (Å²) in [7, 11) is 1.44. The second-order valence-corrected chi connectivity index (χ2v) is 12.1. The number of methoxy groups -OCH3 is 1. The highest BCUT2D eigenvalue weighted by molar-refractivity contribution is 5.94. The van der Waals surface area contributed by atoms with E-state index >= 15 is 0 Å². The van der Waals surface area contributed by atoms with Gasteiger partial charge in [-0.1, -0.05) is 81.9 Å². The van der Waals surface area contributed by atoms with Crippen LogP contribution in [0.25, 0.3) is 11.1 Å². The summed E-state index contributed by atoms with van der Waals surface area (Å²) in [4.78, 5) is 69.3. The average Bonchev–Trinajstić information content (AvgIpc) is 3.07. The van der Waals surface area contributed by atoms with Crippen molar-refractivity contribution in [1.29, 1.82) is 0 Å². The Morgan fingerprint density at radius 2 is 1.45 bits per heavy atom. The van der Waals surface area contributed by atoms with E-state index in [1.807, 2.05) is 0 Å². The lowest BCUT2D eigenvalue weighted by molar-refractivity contribution is -0.172. The number of carbonyl (C=O) groups is 5. The van der Waals surface area contributed by atoms with Gasteiger partial charge in [-0.25, -0.2) is 19.6 Å². The third-order valence-corrected chi connectivity index (χ3v) is 8.20. The third-order valence-electron chi connectivity index (χ3n) is 8.20. The fraction of sp³-hybridized carbons (Fsp3) is 0.528. The number of Topliss-reactive ketones (excluding diaryl/α,β-unsaturated/α-hetero) is 1. The van der Waals surface area contributed by atoms with E-state index < -0.39 is 47.8 Å². The summed E-state index contributed by atoms with van der Waals surface area (Å²) < 4.78 is 4.96. The minimum Gasteiger partial charge on any atom is -0.481 e. The van der Waals surface area contributed by atoms with Crippen LogP contribution in [0.1, 0.15) is 96.0 Å². The molecule has 268 valence electrons. The molecule has 5 N–H and O–H groups in total. The second-order valence-electron chi connectivity index (χ2n) is 12.1. The van der Waals surface area contributed by atoms with E-state index in [1.165, 1.54) is 19.6 Å². The number of ketones is 1. The summed E-state index contributed by atoms with van der Waals surface area (Å²) in [6, 6.07) is 5.44. The summed E-state index contributed by atoms with van der Waals surface area (Å²) in [5.74, 6) is -7.76. The fourth-order valence-electron chi connectivity index (χ4n) is 5.33. The van der Waals surface area contributed by atoms with E-state index in [-0.39, 0.29) is 18.2 Å². The first-order valence-corrected chi connectivity index (χ1v) is 16.8. The Labute approximate surface area is 286 Å². The molecule has 0 bridgehead atoms. The van der Waals surface area contributed by atoms with Gasteiger partial charge in [0, 0.05) is 37.2 Å². The van der Waals surface area contributed by atoms with Crippen LogP contribution >= 0.6 is 0 Å². The Balaban J connectivity index is 2.03. The zero-order chi connectivity index (χ0) is 36.2. The first kappa shape index (κ1) is 40.5. The molecule has 0 radical (unpaired) electrons. The van der Waals surface area contributed by atoms with Crippen LogP contribution in [0.15, 0.2) is 48.8 Å². The van der Waals surface area contributed by atoms with Crippen LogP contribution in [0, 0.1) is 5.92 Å². The lowest BCUT2D eigenvalue weighted by Gasteiger charge is -2.29. The van der Waals surface area contributed by atoms with Gasteiger partial charge >= 0.3 is 23.9 Å². The number of benzene rings is 1. The SMILES string of the molecule is CCCCCCCC(=O)CCCCCC/C=C/[C@@H](C(=O)N[C@@H](Cc1ccc(-c2cnc(OC)nc2)cc1)C(=O)O)[C@@](O)(CC(=O)O)C(=O)O. The molecule has 0 aliphatic rings. The molecule has 1 aromatic heterocycles. The van der Waals surface area contributed by atoms with Gasteiger partial charge in [-0.05, 0) is 36.8 Å². The number of nitrogens with one attached hydrogen (secondary N) is 1. The molecule has 0 aliphatic carbocycles. The molecule has 0 saturated carbocycles. The van der Waals surface area contributed by atoms with Gasteiger partial charge in [-0.2, -0.15) is 0 Å². The molecule has 0 unspecified atom stereocenters. The third kappa shape index (κ3) is 14.2. The normalized spacial score (nSPS) is 13.7. The molecule has 49 heavy (non-hydrogen) atoms. The van der Waals surface area contributed by atoms with E-state index in [2.05, 4.69) is 22.2 Å². The lowest BCUT2D eigenvalue weighted by Crippen LogP contribution is -2.55. The van der Waals surface area contributed by atoms with Crippen LogP contribution < -0.4 is 10.1 Å². The molecular formula is C36H49N3O10. The highest BCUT2D eigenvalue weighted by Gasteiger charge is 2.49. The highest BCUT2D eigenvalue weighted by atomic mass is 16.5. The number of nitrogens with zero attached hydrogens (tertiary/aromatic N) is 2. The first-order chi connectivity index (χ1) is 23.4. The molecule has 2 rings (SSSR count). The number of hydrogen-bond acceptors (Lipinski definition) is 9. The zero-order valence-electron chi connectivity index (χ0n) is 28.3. The van der Waals surface area contributed by atoms with Crippen molar-refractivity contribution in [1.82, 2.24) is 15.3 Å². The lowest BCUT2D eigenvalue weighted by atomic mass is 9.82. The maximum absolute atomic E-state index is 13.4. The van der Waals surface area contributed by atoms with Gasteiger partial charge in [-0.3, -0.25) is 14.4 Å². The smallest absolute Gasteiger partial charge is 0.337 e. The summed E-state index contributed by atoms with van der Waals surface area (Å²) in [6.07, 6.45) is 14.3. The number of rotatable bonds is 25. The molecule has 0 fully saturated rings. The number of aromatic nitrogens is 2. The van der Waals surface area contributed by atoms with Crippen LogP contribution in [-0.4, -0.2) is 78.7 Å². The van der Waals surface area contributed by atoms with Gasteiger partial charge in [0.05, 0.1) is 19.4 Å². The predicted octanol–water partition coefficient (Wildman–Crippen LogP) is 5.00. The van der Waals surface area contributed by atoms with Gasteiger partial charge in [0.2, 0.25) is 5.91 Å². The molecule has 2 aromatic rings. The Hall–Kier alpha value is -4.65. The van der Waals surface area contributed by atoms with Crippen molar-refractivity contribution in [2.24, 2.45) is 5.92 Å². The summed E-state index contributed by atoms with van der Waals surface area (Å²) in [5, 5.41) is 42.2. The number of hydrogen-bond donors (Lipinski definition) is 5. The first-order valence-electron chi connectivity index (χ1n) is 16.8. The second kappa shape index (κ2) is 21.3. The summed E-state index contributed by atoms with van der Waals surface area (Å²) in [6.45, 7) is 2.15. The van der Waals surface area contributed by atoms with Crippen LogP contribution in [0.5, 0.6) is 6.01 Å². The van der Waals surface area contributed by atoms with Crippen LogP contribution in [0.2, 0.25) is 0 Å². The largest absolute Gasteiger partial charge is 0.481 e. The maximum Gasteiger partial charge on any atom is 0.337 e. The van der Waals surface area contributed by atoms with Crippen LogP contribution in [-0.2, 0) is 30.4 Å². The van der Waals surface area contributed by atoms with Crippen molar-refractivity contribution in [3.63, 3.8) is 0 Å². The predicted molar refractivity (Wildman–Crippen MR) is 181 cm³/mol. The van der Waals surface area contributed by atoms with Crippen molar-refractivity contribution in [3.8, 4) is 17.1 Å². The van der Waals surface area contributed by atoms with Gasteiger partial charge in [0.1, 0.15) is 11.8 Å². The Morgan fingerprint density at radius 3 is 1.98 bits per heavy atom. The number of carboxylic acid groups (broad SMARTS) is 3. The molecule has 3 atom stereocenters. The van der Waals surface area contributed by atoms with Gasteiger partial charge < -0.3 is 30.5 Å². The molecule has 0 saturated heterocycles. The van der Waals surface area contributed by atoms with Crippen LogP contribution in [0.3, 0.4) is 0 Å². The quantitative estimate of drug-likeness (QED) is 0.0691. The van der Waals surface area contributed by atoms with E-state index in [1.54, 1.807) is 36.7 Å². The van der Waals surface area contributed by atoms with Crippen molar-refractivity contribution in [2.45, 2.75) is 108 Å². The van der Waals surface area contributed by atoms with Crippen LogP contribution in [0.4, 0.5) is 0 Å². The van der Waals surface area contributed by atoms with Gasteiger partial charge in [0.15, 0.2) is 5.60 Å². The van der Waals surface area contributed by atoms with Crippen molar-refractivity contribution in [3.05, 3.63) is 54.4 Å². The molecule has 0 spiro atoms. The zero-order valence-corrected chi connectivity index (χ0v) is 28.3. The fourth-order valence-corrected chi connectivity index (χ4v) is 5.33. The van der Waals surface area contributed by atoms with Crippen molar-refractivity contribution >= 4 is 29.6 Å². The number of unbranched alkanes of at least 4 members (excludes halogenated alkanes) is 8.